The molecule has 1 heterocycles. The number of amides is 1. The monoisotopic (exact) mass is 303 g/mol. The zero-order valence-corrected chi connectivity index (χ0v) is 11.2. The first-order valence-corrected chi connectivity index (χ1v) is 6.06. The smallest absolute Gasteiger partial charge is 0.287 e. The van der Waals surface area contributed by atoms with Gasteiger partial charge in [-0.1, -0.05) is 22.9 Å². The lowest BCUT2D eigenvalue weighted by Crippen LogP contribution is -2.27. The summed E-state index contributed by atoms with van der Waals surface area (Å²) in [4.78, 5) is 22.1. The van der Waals surface area contributed by atoms with Crippen molar-refractivity contribution < 1.29 is 9.72 Å². The molecule has 1 unspecified atom stereocenters. The second kappa shape index (κ2) is 5.81. The summed E-state index contributed by atoms with van der Waals surface area (Å²) in [5.41, 5.74) is 0.213. The summed E-state index contributed by atoms with van der Waals surface area (Å²) in [7, 11) is 1.61. The van der Waals surface area contributed by atoms with Crippen LogP contribution in [0, 0.1) is 10.1 Å². The first kappa shape index (κ1) is 13.7. The Kier molecular flexibility index (Phi) is 4.68. The van der Waals surface area contributed by atoms with Crippen LogP contribution in [-0.2, 0) is 7.05 Å². The van der Waals surface area contributed by atoms with Crippen molar-refractivity contribution in [3.8, 4) is 0 Å². The predicted molar refractivity (Wildman–Crippen MR) is 67.4 cm³/mol. The lowest BCUT2D eigenvalue weighted by Gasteiger charge is -2.06. The third-order valence-corrected chi connectivity index (χ3v) is 2.72. The lowest BCUT2D eigenvalue weighted by atomic mass is 10.3. The van der Waals surface area contributed by atoms with Crippen LogP contribution in [-0.4, -0.2) is 26.8 Å². The van der Waals surface area contributed by atoms with Gasteiger partial charge in [0.2, 0.25) is 0 Å². The standard InChI is InChI=1S/C10H14BrN3O3/c1-7(11)3-4-12-10(15)9-5-8(14(16)17)6-13(9)2/h5-7H,3-4H2,1-2H3,(H,12,15). The van der Waals surface area contributed by atoms with Gasteiger partial charge in [0.15, 0.2) is 0 Å². The van der Waals surface area contributed by atoms with Gasteiger partial charge in [-0.3, -0.25) is 14.9 Å². The van der Waals surface area contributed by atoms with E-state index in [1.165, 1.54) is 16.8 Å². The highest BCUT2D eigenvalue weighted by Gasteiger charge is 2.17. The maximum Gasteiger partial charge on any atom is 0.287 e. The lowest BCUT2D eigenvalue weighted by molar-refractivity contribution is -0.384. The van der Waals surface area contributed by atoms with E-state index in [0.717, 1.165) is 6.42 Å². The summed E-state index contributed by atoms with van der Waals surface area (Å²) in [6.07, 6.45) is 2.13. The van der Waals surface area contributed by atoms with Crippen LogP contribution in [0.3, 0.4) is 0 Å². The molecular weight excluding hydrogens is 290 g/mol. The Bertz CT molecular complexity index is 428. The van der Waals surface area contributed by atoms with Crippen LogP contribution < -0.4 is 5.32 Å². The Hall–Kier alpha value is -1.37. The Labute approximate surface area is 107 Å². The molecule has 0 fully saturated rings. The molecule has 1 amide bonds. The number of hydrogen-bond donors (Lipinski definition) is 1. The van der Waals surface area contributed by atoms with Crippen LogP contribution in [0.5, 0.6) is 0 Å². The van der Waals surface area contributed by atoms with E-state index in [9.17, 15) is 14.9 Å². The first-order chi connectivity index (χ1) is 7.91. The largest absolute Gasteiger partial charge is 0.351 e. The molecule has 7 heteroatoms. The van der Waals surface area contributed by atoms with Crippen molar-refractivity contribution in [2.45, 2.75) is 18.2 Å². The maximum atomic E-state index is 11.7. The summed E-state index contributed by atoms with van der Waals surface area (Å²) < 4.78 is 1.45. The van der Waals surface area contributed by atoms with Gasteiger partial charge in [-0.15, -0.1) is 0 Å². The fourth-order valence-corrected chi connectivity index (χ4v) is 1.58. The molecule has 1 aromatic rings. The SMILES string of the molecule is CC(Br)CCNC(=O)c1cc([N+](=O)[O-])cn1C. The summed E-state index contributed by atoms with van der Waals surface area (Å²) >= 11 is 3.37. The van der Waals surface area contributed by atoms with Crippen molar-refractivity contribution in [3.63, 3.8) is 0 Å². The van der Waals surface area contributed by atoms with Crippen molar-refractivity contribution in [1.82, 2.24) is 9.88 Å². The van der Waals surface area contributed by atoms with Crippen molar-refractivity contribution in [2.75, 3.05) is 6.54 Å². The number of aromatic nitrogens is 1. The molecular formula is C10H14BrN3O3. The molecule has 1 rings (SSSR count). The van der Waals surface area contributed by atoms with E-state index < -0.39 is 4.92 Å². The van der Waals surface area contributed by atoms with Gasteiger partial charge in [0.25, 0.3) is 11.6 Å². The molecule has 17 heavy (non-hydrogen) atoms. The highest BCUT2D eigenvalue weighted by Crippen LogP contribution is 2.15. The van der Waals surface area contributed by atoms with Crippen LogP contribution in [0.2, 0.25) is 0 Å². The third-order valence-electron chi connectivity index (χ3n) is 2.26. The number of nitrogens with zero attached hydrogens (tertiary/aromatic N) is 2. The van der Waals surface area contributed by atoms with Gasteiger partial charge in [0, 0.05) is 24.5 Å². The van der Waals surface area contributed by atoms with Gasteiger partial charge in [0.05, 0.1) is 11.1 Å². The second-order valence-electron chi connectivity index (χ2n) is 3.78. The molecule has 0 spiro atoms. The zero-order valence-electron chi connectivity index (χ0n) is 9.64. The highest BCUT2D eigenvalue weighted by molar-refractivity contribution is 9.09. The van der Waals surface area contributed by atoms with E-state index >= 15 is 0 Å². The molecule has 1 atom stereocenters. The number of aryl methyl sites for hydroxylation is 1. The minimum absolute atomic E-state index is 0.0773. The summed E-state index contributed by atoms with van der Waals surface area (Å²) in [5, 5.41) is 13.3. The van der Waals surface area contributed by atoms with Crippen LogP contribution in [0.1, 0.15) is 23.8 Å². The van der Waals surface area contributed by atoms with Gasteiger partial charge in [-0.25, -0.2) is 0 Å². The number of nitrogens with one attached hydrogen (secondary N) is 1. The number of nitro groups is 1. The Morgan fingerprint density at radius 1 is 1.71 bits per heavy atom. The van der Waals surface area contributed by atoms with Crippen LogP contribution in [0.4, 0.5) is 5.69 Å². The van der Waals surface area contributed by atoms with Crippen molar-refractivity contribution in [3.05, 3.63) is 28.1 Å². The van der Waals surface area contributed by atoms with Gasteiger partial charge >= 0.3 is 0 Å². The van der Waals surface area contributed by atoms with Gasteiger partial charge in [0.1, 0.15) is 5.69 Å². The average molecular weight is 304 g/mol. The molecule has 0 saturated carbocycles. The summed E-state index contributed by atoms with van der Waals surface area (Å²) in [6.45, 7) is 2.52. The molecule has 0 aliphatic carbocycles. The zero-order chi connectivity index (χ0) is 13.0. The molecule has 1 aromatic heterocycles. The average Bonchev–Trinajstić information content (AvgIpc) is 2.59. The number of hydrogen-bond acceptors (Lipinski definition) is 3. The predicted octanol–water partition coefficient (Wildman–Crippen LogP) is 1.84. The number of alkyl halides is 1. The van der Waals surface area contributed by atoms with E-state index in [1.54, 1.807) is 7.05 Å². The fraction of sp³-hybridized carbons (Fsp3) is 0.500. The Balaban J connectivity index is 2.66. The molecule has 94 valence electrons. The normalized spacial score (nSPS) is 12.2. The van der Waals surface area contributed by atoms with Gasteiger partial charge in [-0.05, 0) is 6.42 Å². The Morgan fingerprint density at radius 3 is 2.82 bits per heavy atom. The van der Waals surface area contributed by atoms with Crippen LogP contribution >= 0.6 is 15.9 Å². The van der Waals surface area contributed by atoms with Gasteiger partial charge in [-0.2, -0.15) is 0 Å². The molecule has 0 bridgehead atoms. The fourth-order valence-electron chi connectivity index (χ4n) is 1.35. The Morgan fingerprint density at radius 2 is 2.35 bits per heavy atom. The minimum Gasteiger partial charge on any atom is -0.351 e. The van der Waals surface area contributed by atoms with E-state index in [-0.39, 0.29) is 11.6 Å². The van der Waals surface area contributed by atoms with E-state index in [4.69, 9.17) is 0 Å². The van der Waals surface area contributed by atoms with Crippen molar-refractivity contribution >= 4 is 27.5 Å². The molecule has 0 saturated heterocycles. The van der Waals surface area contributed by atoms with Crippen molar-refractivity contribution in [1.29, 1.82) is 0 Å². The molecule has 0 aromatic carbocycles. The van der Waals surface area contributed by atoms with E-state index in [1.807, 2.05) is 6.92 Å². The number of halogens is 1. The molecule has 6 nitrogen and oxygen atoms in total. The third kappa shape index (κ3) is 3.85. The molecule has 0 aliphatic heterocycles. The van der Waals surface area contributed by atoms with Crippen molar-refractivity contribution in [2.24, 2.45) is 7.05 Å². The van der Waals surface area contributed by atoms with Crippen LogP contribution in [0.15, 0.2) is 12.3 Å². The van der Waals surface area contributed by atoms with E-state index in [2.05, 4.69) is 21.2 Å². The van der Waals surface area contributed by atoms with Crippen LogP contribution in [0.25, 0.3) is 0 Å². The summed E-state index contributed by atoms with van der Waals surface area (Å²) in [5.74, 6) is -0.297. The topological polar surface area (TPSA) is 77.2 Å². The summed E-state index contributed by atoms with van der Waals surface area (Å²) in [6, 6.07) is 1.27. The second-order valence-corrected chi connectivity index (χ2v) is 5.34. The maximum absolute atomic E-state index is 11.7. The highest BCUT2D eigenvalue weighted by atomic mass is 79.9. The molecule has 1 N–H and O–H groups in total. The minimum atomic E-state index is -0.517. The number of carbonyl (C=O) groups is 1. The molecule has 0 aliphatic rings. The number of rotatable bonds is 5. The quantitative estimate of drug-likeness (QED) is 0.512. The van der Waals surface area contributed by atoms with Gasteiger partial charge < -0.3 is 9.88 Å². The first-order valence-electron chi connectivity index (χ1n) is 5.15. The number of carbonyl (C=O) groups excluding carboxylic acids is 1. The van der Waals surface area contributed by atoms with E-state index in [0.29, 0.717) is 17.1 Å². The molecule has 0 radical (unpaired) electrons.